The van der Waals surface area contributed by atoms with E-state index < -0.39 is 0 Å². The molecule has 1 aromatic heterocycles. The molecule has 2 aromatic rings. The highest BCUT2D eigenvalue weighted by Gasteiger charge is 2.31. The number of nitrogens with zero attached hydrogens (tertiary/aromatic N) is 4. The summed E-state index contributed by atoms with van der Waals surface area (Å²) in [5, 5.41) is 6.69. The number of ether oxygens (including phenoxy) is 1. The van der Waals surface area contributed by atoms with Crippen molar-refractivity contribution in [2.45, 2.75) is 44.8 Å². The van der Waals surface area contributed by atoms with Crippen LogP contribution in [0, 0.1) is 0 Å². The highest BCUT2D eigenvalue weighted by Crippen LogP contribution is 2.25. The van der Waals surface area contributed by atoms with Gasteiger partial charge in [0.1, 0.15) is 11.6 Å². The second kappa shape index (κ2) is 8.55. The minimum absolute atomic E-state index is 0.00453. The average Bonchev–Trinajstić information content (AvgIpc) is 3.33. The quantitative estimate of drug-likeness (QED) is 0.594. The topological polar surface area (TPSA) is 83.8 Å². The van der Waals surface area contributed by atoms with Crippen LogP contribution in [0.2, 0.25) is 0 Å². The van der Waals surface area contributed by atoms with Gasteiger partial charge in [-0.3, -0.25) is 9.79 Å². The number of amides is 1. The minimum atomic E-state index is -0.00453. The molecule has 0 saturated carbocycles. The SMILES string of the molecule is CN=C(NCc1cn2c(n1)CCCC2)NC1CC(=O)N(c2cccc(OC)c2)C1. The molecule has 0 radical (unpaired) electrons. The molecular weight excluding hydrogens is 368 g/mol. The predicted octanol–water partition coefficient (Wildman–Crippen LogP) is 1.70. The molecule has 1 unspecified atom stereocenters. The van der Waals surface area contributed by atoms with Crippen LogP contribution < -0.4 is 20.3 Å². The van der Waals surface area contributed by atoms with Crippen LogP contribution in [0.1, 0.15) is 30.8 Å². The van der Waals surface area contributed by atoms with Crippen LogP contribution in [-0.4, -0.2) is 48.2 Å². The Balaban J connectivity index is 1.34. The third-order valence-corrected chi connectivity index (χ3v) is 5.45. The molecule has 2 N–H and O–H groups in total. The standard InChI is InChI=1S/C21H28N6O2/c1-22-21(23-12-16-13-26-9-4-3-8-19(26)24-16)25-15-10-20(28)27(14-15)17-6-5-7-18(11-17)29-2/h5-7,11,13,15H,3-4,8-10,12,14H2,1-2H3,(H2,22,23,25). The van der Waals surface area contributed by atoms with Crippen molar-refractivity contribution >= 4 is 17.6 Å². The largest absolute Gasteiger partial charge is 0.497 e. The van der Waals surface area contributed by atoms with Gasteiger partial charge in [0.05, 0.1) is 25.4 Å². The Morgan fingerprint density at radius 1 is 1.38 bits per heavy atom. The fourth-order valence-corrected chi connectivity index (χ4v) is 3.95. The highest BCUT2D eigenvalue weighted by molar-refractivity contribution is 5.97. The van der Waals surface area contributed by atoms with Crippen molar-refractivity contribution in [3.05, 3.63) is 42.0 Å². The summed E-state index contributed by atoms with van der Waals surface area (Å²) in [6.07, 6.45) is 6.04. The lowest BCUT2D eigenvalue weighted by molar-refractivity contribution is -0.117. The van der Waals surface area contributed by atoms with E-state index in [0.29, 0.717) is 25.5 Å². The number of nitrogens with one attached hydrogen (secondary N) is 2. The van der Waals surface area contributed by atoms with E-state index in [1.54, 1.807) is 19.1 Å². The van der Waals surface area contributed by atoms with Crippen molar-refractivity contribution < 1.29 is 9.53 Å². The van der Waals surface area contributed by atoms with Gasteiger partial charge in [0.15, 0.2) is 5.96 Å². The predicted molar refractivity (Wildman–Crippen MR) is 112 cm³/mol. The third kappa shape index (κ3) is 4.36. The molecule has 0 spiro atoms. The van der Waals surface area contributed by atoms with Gasteiger partial charge < -0.3 is 24.8 Å². The molecule has 0 bridgehead atoms. The van der Waals surface area contributed by atoms with E-state index in [-0.39, 0.29) is 11.9 Å². The number of benzene rings is 1. The number of anilines is 1. The fourth-order valence-electron chi connectivity index (χ4n) is 3.95. The maximum absolute atomic E-state index is 12.5. The Hall–Kier alpha value is -3.03. The molecule has 3 heterocycles. The van der Waals surface area contributed by atoms with Crippen LogP contribution in [0.5, 0.6) is 5.75 Å². The van der Waals surface area contributed by atoms with Crippen LogP contribution >= 0.6 is 0 Å². The maximum atomic E-state index is 12.5. The third-order valence-electron chi connectivity index (χ3n) is 5.45. The van der Waals surface area contributed by atoms with Crippen LogP contribution in [0.25, 0.3) is 0 Å². The molecule has 1 amide bonds. The van der Waals surface area contributed by atoms with E-state index in [1.165, 1.54) is 18.7 Å². The molecule has 1 saturated heterocycles. The van der Waals surface area contributed by atoms with Gasteiger partial charge in [0.2, 0.25) is 5.91 Å². The maximum Gasteiger partial charge on any atom is 0.229 e. The monoisotopic (exact) mass is 396 g/mol. The first-order valence-electron chi connectivity index (χ1n) is 10.1. The van der Waals surface area contributed by atoms with Gasteiger partial charge in [-0.05, 0) is 25.0 Å². The summed E-state index contributed by atoms with van der Waals surface area (Å²) in [5.41, 5.74) is 1.87. The van der Waals surface area contributed by atoms with Crippen LogP contribution in [-0.2, 0) is 24.3 Å². The molecule has 2 aliphatic heterocycles. The molecule has 1 aromatic carbocycles. The van der Waals surface area contributed by atoms with Crippen molar-refractivity contribution in [1.82, 2.24) is 20.2 Å². The Morgan fingerprint density at radius 3 is 3.07 bits per heavy atom. The van der Waals surface area contributed by atoms with Gasteiger partial charge in [-0.15, -0.1) is 0 Å². The van der Waals surface area contributed by atoms with Gasteiger partial charge in [0.25, 0.3) is 0 Å². The van der Waals surface area contributed by atoms with E-state index in [0.717, 1.165) is 30.1 Å². The molecule has 8 heteroatoms. The number of hydrogen-bond acceptors (Lipinski definition) is 4. The summed E-state index contributed by atoms with van der Waals surface area (Å²) in [5.74, 6) is 2.69. The van der Waals surface area contributed by atoms with Crippen LogP contribution in [0.15, 0.2) is 35.5 Å². The van der Waals surface area contributed by atoms with Gasteiger partial charge in [0, 0.05) is 50.9 Å². The first-order valence-corrected chi connectivity index (χ1v) is 10.1. The Kier molecular flexibility index (Phi) is 5.69. The Bertz CT molecular complexity index is 883. The first kappa shape index (κ1) is 19.3. The van der Waals surface area contributed by atoms with Gasteiger partial charge in [-0.1, -0.05) is 6.07 Å². The summed E-state index contributed by atoms with van der Waals surface area (Å²) < 4.78 is 7.52. The number of carbonyl (C=O) groups is 1. The average molecular weight is 396 g/mol. The van der Waals surface area contributed by atoms with E-state index in [2.05, 4.69) is 26.4 Å². The number of guanidine groups is 1. The Morgan fingerprint density at radius 2 is 2.28 bits per heavy atom. The lowest BCUT2D eigenvalue weighted by atomic mass is 10.2. The Labute approximate surface area is 171 Å². The molecule has 154 valence electrons. The number of methoxy groups -OCH3 is 1. The zero-order chi connectivity index (χ0) is 20.2. The second-order valence-electron chi connectivity index (χ2n) is 7.48. The first-order chi connectivity index (χ1) is 14.2. The molecule has 2 aliphatic rings. The number of aromatic nitrogens is 2. The summed E-state index contributed by atoms with van der Waals surface area (Å²) in [4.78, 5) is 23.3. The number of carbonyl (C=O) groups excluding carboxylic acids is 1. The summed E-state index contributed by atoms with van der Waals surface area (Å²) in [6.45, 7) is 2.25. The van der Waals surface area contributed by atoms with E-state index in [4.69, 9.17) is 9.72 Å². The second-order valence-corrected chi connectivity index (χ2v) is 7.48. The number of aliphatic imine (C=N–C) groups is 1. The number of aryl methyl sites for hydroxylation is 2. The number of imidazole rings is 1. The number of rotatable bonds is 5. The molecule has 8 nitrogen and oxygen atoms in total. The van der Waals surface area contributed by atoms with Crippen LogP contribution in [0.4, 0.5) is 5.69 Å². The van der Waals surface area contributed by atoms with E-state index in [9.17, 15) is 4.79 Å². The summed E-state index contributed by atoms with van der Waals surface area (Å²) in [6, 6.07) is 7.58. The van der Waals surface area contributed by atoms with Crippen molar-refractivity contribution in [3.63, 3.8) is 0 Å². The number of hydrogen-bond donors (Lipinski definition) is 2. The highest BCUT2D eigenvalue weighted by atomic mass is 16.5. The molecule has 4 rings (SSSR count). The van der Waals surface area contributed by atoms with Crippen molar-refractivity contribution in [2.24, 2.45) is 4.99 Å². The number of fused-ring (bicyclic) bond motifs is 1. The zero-order valence-corrected chi connectivity index (χ0v) is 17.0. The van der Waals surface area contributed by atoms with Gasteiger partial charge in [-0.2, -0.15) is 0 Å². The van der Waals surface area contributed by atoms with Crippen molar-refractivity contribution in [3.8, 4) is 5.75 Å². The van der Waals surface area contributed by atoms with Crippen molar-refractivity contribution in [2.75, 3.05) is 25.6 Å². The smallest absolute Gasteiger partial charge is 0.229 e. The molecule has 0 aliphatic carbocycles. The lowest BCUT2D eigenvalue weighted by Crippen LogP contribution is -2.44. The summed E-state index contributed by atoms with van der Waals surface area (Å²) in [7, 11) is 3.37. The van der Waals surface area contributed by atoms with Gasteiger partial charge >= 0.3 is 0 Å². The molecule has 1 fully saturated rings. The van der Waals surface area contributed by atoms with E-state index >= 15 is 0 Å². The normalized spacial score (nSPS) is 19.2. The molecule has 29 heavy (non-hydrogen) atoms. The lowest BCUT2D eigenvalue weighted by Gasteiger charge is -2.19. The minimum Gasteiger partial charge on any atom is -0.497 e. The van der Waals surface area contributed by atoms with E-state index in [1.807, 2.05) is 24.3 Å². The van der Waals surface area contributed by atoms with Crippen LogP contribution in [0.3, 0.4) is 0 Å². The molecule has 1 atom stereocenters. The van der Waals surface area contributed by atoms with Gasteiger partial charge in [-0.25, -0.2) is 4.98 Å². The molecular formula is C21H28N6O2. The van der Waals surface area contributed by atoms with Crippen molar-refractivity contribution in [1.29, 1.82) is 0 Å². The summed E-state index contributed by atoms with van der Waals surface area (Å²) >= 11 is 0. The fraction of sp³-hybridized carbons (Fsp3) is 0.476. The zero-order valence-electron chi connectivity index (χ0n) is 17.0.